The molecule has 0 aliphatic carbocycles. The molecule has 0 radical (unpaired) electrons. The molecule has 1 heterocycles. The SMILES string of the molecule is COc1ccc(C(CN)C2CCCCN2)c(OC)c1. The molecule has 106 valence electrons. The molecule has 3 N–H and O–H groups in total. The quantitative estimate of drug-likeness (QED) is 0.852. The topological polar surface area (TPSA) is 56.5 Å². The second-order valence-electron chi connectivity index (χ2n) is 5.01. The number of piperidine rings is 1. The predicted molar refractivity (Wildman–Crippen MR) is 77.0 cm³/mol. The summed E-state index contributed by atoms with van der Waals surface area (Å²) in [4.78, 5) is 0. The highest BCUT2D eigenvalue weighted by Gasteiger charge is 2.26. The highest BCUT2D eigenvalue weighted by molar-refractivity contribution is 5.43. The molecule has 2 atom stereocenters. The molecular formula is C15H24N2O2. The molecule has 2 unspecified atom stereocenters. The van der Waals surface area contributed by atoms with Gasteiger partial charge in [-0.1, -0.05) is 12.5 Å². The molecule has 1 saturated heterocycles. The highest BCUT2D eigenvalue weighted by Crippen LogP contribution is 2.33. The highest BCUT2D eigenvalue weighted by atomic mass is 16.5. The molecular weight excluding hydrogens is 240 g/mol. The lowest BCUT2D eigenvalue weighted by atomic mass is 9.86. The summed E-state index contributed by atoms with van der Waals surface area (Å²) >= 11 is 0. The Morgan fingerprint density at radius 1 is 1.32 bits per heavy atom. The monoisotopic (exact) mass is 264 g/mol. The van der Waals surface area contributed by atoms with Crippen LogP contribution >= 0.6 is 0 Å². The maximum Gasteiger partial charge on any atom is 0.126 e. The van der Waals surface area contributed by atoms with Crippen molar-refractivity contribution in [2.24, 2.45) is 5.73 Å². The van der Waals surface area contributed by atoms with Crippen molar-refractivity contribution in [1.82, 2.24) is 5.32 Å². The van der Waals surface area contributed by atoms with Crippen molar-refractivity contribution < 1.29 is 9.47 Å². The van der Waals surface area contributed by atoms with Gasteiger partial charge in [0.15, 0.2) is 0 Å². The van der Waals surface area contributed by atoms with E-state index in [0.717, 1.165) is 18.0 Å². The van der Waals surface area contributed by atoms with Crippen molar-refractivity contribution >= 4 is 0 Å². The lowest BCUT2D eigenvalue weighted by molar-refractivity contribution is 0.339. The fourth-order valence-corrected chi connectivity index (χ4v) is 2.85. The van der Waals surface area contributed by atoms with Crippen LogP contribution in [0.4, 0.5) is 0 Å². The second kappa shape index (κ2) is 6.78. The number of hydrogen-bond donors (Lipinski definition) is 2. The van der Waals surface area contributed by atoms with Gasteiger partial charge in [-0.05, 0) is 25.5 Å². The van der Waals surface area contributed by atoms with Crippen molar-refractivity contribution in [3.63, 3.8) is 0 Å². The van der Waals surface area contributed by atoms with Crippen molar-refractivity contribution in [2.45, 2.75) is 31.2 Å². The smallest absolute Gasteiger partial charge is 0.126 e. The zero-order valence-corrected chi connectivity index (χ0v) is 11.8. The fourth-order valence-electron chi connectivity index (χ4n) is 2.85. The summed E-state index contributed by atoms with van der Waals surface area (Å²) in [6, 6.07) is 6.43. The van der Waals surface area contributed by atoms with E-state index in [1.54, 1.807) is 14.2 Å². The summed E-state index contributed by atoms with van der Waals surface area (Å²) in [5, 5.41) is 3.58. The van der Waals surface area contributed by atoms with Gasteiger partial charge in [-0.3, -0.25) is 0 Å². The Balaban J connectivity index is 2.26. The summed E-state index contributed by atoms with van der Waals surface area (Å²) in [7, 11) is 3.36. The number of nitrogens with one attached hydrogen (secondary N) is 1. The third kappa shape index (κ3) is 3.19. The summed E-state index contributed by atoms with van der Waals surface area (Å²) < 4.78 is 10.7. The average Bonchev–Trinajstić information content (AvgIpc) is 2.49. The Bertz CT molecular complexity index is 403. The van der Waals surface area contributed by atoms with Crippen LogP contribution in [0.25, 0.3) is 0 Å². The molecule has 1 aromatic carbocycles. The minimum atomic E-state index is 0.293. The van der Waals surface area contributed by atoms with Crippen LogP contribution in [0.5, 0.6) is 11.5 Å². The lowest BCUT2D eigenvalue weighted by Gasteiger charge is -2.31. The average molecular weight is 264 g/mol. The van der Waals surface area contributed by atoms with Gasteiger partial charge in [-0.2, -0.15) is 0 Å². The Morgan fingerprint density at radius 3 is 2.74 bits per heavy atom. The number of methoxy groups -OCH3 is 2. The van der Waals surface area contributed by atoms with Gasteiger partial charge in [0, 0.05) is 30.1 Å². The number of hydrogen-bond acceptors (Lipinski definition) is 4. The van der Waals surface area contributed by atoms with E-state index in [2.05, 4.69) is 11.4 Å². The van der Waals surface area contributed by atoms with Crippen LogP contribution < -0.4 is 20.5 Å². The van der Waals surface area contributed by atoms with E-state index < -0.39 is 0 Å². The lowest BCUT2D eigenvalue weighted by Crippen LogP contribution is -2.41. The first-order chi connectivity index (χ1) is 9.30. The molecule has 0 aromatic heterocycles. The first kappa shape index (κ1) is 14.2. The molecule has 1 aromatic rings. The first-order valence-corrected chi connectivity index (χ1v) is 6.95. The Labute approximate surface area is 115 Å². The summed E-state index contributed by atoms with van der Waals surface area (Å²) in [5.74, 6) is 1.97. The van der Waals surface area contributed by atoms with Crippen molar-refractivity contribution in [1.29, 1.82) is 0 Å². The van der Waals surface area contributed by atoms with Gasteiger partial charge in [0.1, 0.15) is 11.5 Å². The Morgan fingerprint density at radius 2 is 2.16 bits per heavy atom. The van der Waals surface area contributed by atoms with Crippen LogP contribution in [0.3, 0.4) is 0 Å². The molecule has 1 aliphatic rings. The molecule has 1 fully saturated rings. The van der Waals surface area contributed by atoms with Gasteiger partial charge < -0.3 is 20.5 Å². The second-order valence-corrected chi connectivity index (χ2v) is 5.01. The largest absolute Gasteiger partial charge is 0.497 e. The van der Waals surface area contributed by atoms with Crippen LogP contribution in [0, 0.1) is 0 Å². The minimum absolute atomic E-state index is 0.293. The predicted octanol–water partition coefficient (Wildman–Crippen LogP) is 1.89. The van der Waals surface area contributed by atoms with Gasteiger partial charge in [0.05, 0.1) is 14.2 Å². The molecule has 0 spiro atoms. The summed E-state index contributed by atoms with van der Waals surface area (Å²) in [6.45, 7) is 1.71. The van der Waals surface area contributed by atoms with E-state index in [0.29, 0.717) is 18.5 Å². The minimum Gasteiger partial charge on any atom is -0.497 e. The molecule has 19 heavy (non-hydrogen) atoms. The molecule has 4 heteroatoms. The normalized spacial score (nSPS) is 20.9. The van der Waals surface area contributed by atoms with Crippen LogP contribution in [-0.4, -0.2) is 33.4 Å². The molecule has 2 rings (SSSR count). The Kier molecular flexibility index (Phi) is 5.05. The zero-order chi connectivity index (χ0) is 13.7. The van der Waals surface area contributed by atoms with Crippen LogP contribution in [-0.2, 0) is 0 Å². The Hall–Kier alpha value is -1.26. The van der Waals surface area contributed by atoms with Gasteiger partial charge >= 0.3 is 0 Å². The summed E-state index contributed by atoms with van der Waals surface area (Å²) in [5.41, 5.74) is 7.17. The fraction of sp³-hybridized carbons (Fsp3) is 0.600. The van der Waals surface area contributed by atoms with Crippen LogP contribution in [0.2, 0.25) is 0 Å². The summed E-state index contributed by atoms with van der Waals surface area (Å²) in [6.07, 6.45) is 3.71. The number of nitrogens with two attached hydrogens (primary N) is 1. The van der Waals surface area contributed by atoms with E-state index in [9.17, 15) is 0 Å². The molecule has 4 nitrogen and oxygen atoms in total. The van der Waals surface area contributed by atoms with E-state index in [4.69, 9.17) is 15.2 Å². The molecule has 0 saturated carbocycles. The van der Waals surface area contributed by atoms with Gasteiger partial charge in [0.2, 0.25) is 0 Å². The third-order valence-electron chi connectivity index (χ3n) is 3.93. The van der Waals surface area contributed by atoms with E-state index in [1.165, 1.54) is 24.8 Å². The number of ether oxygens (including phenoxy) is 2. The van der Waals surface area contributed by atoms with Crippen LogP contribution in [0.15, 0.2) is 18.2 Å². The number of benzene rings is 1. The van der Waals surface area contributed by atoms with Crippen LogP contribution in [0.1, 0.15) is 30.7 Å². The standard InChI is InChI=1S/C15H24N2O2/c1-18-11-6-7-12(15(9-11)19-2)13(10-16)14-5-3-4-8-17-14/h6-7,9,13-14,17H,3-5,8,10,16H2,1-2H3. The van der Waals surface area contributed by atoms with Gasteiger partial charge in [0.25, 0.3) is 0 Å². The molecule has 0 bridgehead atoms. The zero-order valence-electron chi connectivity index (χ0n) is 11.8. The third-order valence-corrected chi connectivity index (χ3v) is 3.93. The van der Waals surface area contributed by atoms with E-state index in [1.807, 2.05) is 12.1 Å². The van der Waals surface area contributed by atoms with Gasteiger partial charge in [-0.25, -0.2) is 0 Å². The maximum absolute atomic E-state index is 6.00. The van der Waals surface area contributed by atoms with Crippen molar-refractivity contribution in [3.05, 3.63) is 23.8 Å². The van der Waals surface area contributed by atoms with Crippen molar-refractivity contribution in [2.75, 3.05) is 27.3 Å². The molecule has 1 aliphatic heterocycles. The van der Waals surface area contributed by atoms with E-state index in [-0.39, 0.29) is 0 Å². The molecule has 0 amide bonds. The van der Waals surface area contributed by atoms with E-state index >= 15 is 0 Å². The van der Waals surface area contributed by atoms with Crippen molar-refractivity contribution in [3.8, 4) is 11.5 Å². The first-order valence-electron chi connectivity index (χ1n) is 6.95. The maximum atomic E-state index is 6.00. The van der Waals surface area contributed by atoms with Gasteiger partial charge in [-0.15, -0.1) is 0 Å². The number of rotatable bonds is 5.